The van der Waals surface area contributed by atoms with Crippen LogP contribution in [0.15, 0.2) is 12.2 Å². The first-order chi connectivity index (χ1) is 5.79. The van der Waals surface area contributed by atoms with E-state index in [1.807, 2.05) is 6.08 Å². The highest BCUT2D eigenvalue weighted by Crippen LogP contribution is 2.55. The summed E-state index contributed by atoms with van der Waals surface area (Å²) in [7, 11) is 0. The Bertz CT molecular complexity index is 208. The quantitative estimate of drug-likeness (QED) is 0.637. The Kier molecular flexibility index (Phi) is 1.91. The number of allylic oxidation sites excluding steroid dienone is 1. The number of hydrogen-bond acceptors (Lipinski definition) is 1. The molecule has 0 aliphatic heterocycles. The molecule has 2 heteroatoms. The molecule has 0 amide bonds. The van der Waals surface area contributed by atoms with Crippen molar-refractivity contribution in [1.29, 1.82) is 0 Å². The average molecular weight is 166 g/mol. The van der Waals surface area contributed by atoms with Crippen LogP contribution >= 0.6 is 0 Å². The molecule has 2 fully saturated rings. The van der Waals surface area contributed by atoms with Crippen LogP contribution in [-0.4, -0.2) is 11.1 Å². The number of fused-ring (bicyclic) bond motifs is 1. The molecule has 2 aliphatic rings. The SMILES string of the molecule is O=C(O)/C=C/C1C2CCCCC12. The average Bonchev–Trinajstić information content (AvgIpc) is 2.74. The van der Waals surface area contributed by atoms with Crippen LogP contribution in [0.2, 0.25) is 0 Å². The van der Waals surface area contributed by atoms with E-state index in [2.05, 4.69) is 0 Å². The van der Waals surface area contributed by atoms with Crippen molar-refractivity contribution in [3.8, 4) is 0 Å². The van der Waals surface area contributed by atoms with Gasteiger partial charge in [-0.25, -0.2) is 4.79 Å². The third-order valence-corrected chi connectivity index (χ3v) is 3.18. The van der Waals surface area contributed by atoms with E-state index in [0.29, 0.717) is 5.92 Å². The Hall–Kier alpha value is -0.790. The number of carbonyl (C=O) groups is 1. The molecule has 0 aromatic rings. The van der Waals surface area contributed by atoms with Gasteiger partial charge in [-0.2, -0.15) is 0 Å². The monoisotopic (exact) mass is 166 g/mol. The highest BCUT2D eigenvalue weighted by Gasteiger charge is 2.48. The lowest BCUT2D eigenvalue weighted by molar-refractivity contribution is -0.131. The zero-order chi connectivity index (χ0) is 8.55. The first kappa shape index (κ1) is 7.84. The summed E-state index contributed by atoms with van der Waals surface area (Å²) in [6.07, 6.45) is 8.53. The van der Waals surface area contributed by atoms with Gasteiger partial charge in [0, 0.05) is 6.08 Å². The molecule has 1 N–H and O–H groups in total. The molecule has 2 unspecified atom stereocenters. The lowest BCUT2D eigenvalue weighted by Gasteiger charge is -2.04. The molecule has 2 saturated carbocycles. The molecule has 2 aliphatic carbocycles. The predicted molar refractivity (Wildman–Crippen MR) is 45.7 cm³/mol. The van der Waals surface area contributed by atoms with Gasteiger partial charge >= 0.3 is 5.97 Å². The maximum absolute atomic E-state index is 10.3. The summed E-state index contributed by atoms with van der Waals surface area (Å²) >= 11 is 0. The standard InChI is InChI=1S/C10H14O2/c11-10(12)6-5-9-7-3-1-2-4-8(7)9/h5-9H,1-4H2,(H,11,12)/b6-5+. The van der Waals surface area contributed by atoms with Crippen molar-refractivity contribution >= 4 is 5.97 Å². The Balaban J connectivity index is 1.88. The van der Waals surface area contributed by atoms with Gasteiger partial charge in [0.25, 0.3) is 0 Å². The van der Waals surface area contributed by atoms with Crippen LogP contribution in [0.5, 0.6) is 0 Å². The van der Waals surface area contributed by atoms with Gasteiger partial charge in [-0.05, 0) is 30.6 Å². The molecular weight excluding hydrogens is 152 g/mol. The van der Waals surface area contributed by atoms with Crippen molar-refractivity contribution in [2.75, 3.05) is 0 Å². The Morgan fingerprint density at radius 3 is 2.33 bits per heavy atom. The van der Waals surface area contributed by atoms with Crippen LogP contribution in [0.25, 0.3) is 0 Å². The summed E-state index contributed by atoms with van der Waals surface area (Å²) in [6.45, 7) is 0. The molecule has 0 saturated heterocycles. The van der Waals surface area contributed by atoms with Crippen LogP contribution < -0.4 is 0 Å². The lowest BCUT2D eigenvalue weighted by atomic mass is 10.0. The van der Waals surface area contributed by atoms with E-state index in [0.717, 1.165) is 11.8 Å². The van der Waals surface area contributed by atoms with E-state index in [1.54, 1.807) is 0 Å². The summed E-state index contributed by atoms with van der Waals surface area (Å²) in [5.41, 5.74) is 0. The van der Waals surface area contributed by atoms with Gasteiger partial charge in [-0.1, -0.05) is 18.9 Å². The fraction of sp³-hybridized carbons (Fsp3) is 0.700. The van der Waals surface area contributed by atoms with Gasteiger partial charge in [0.05, 0.1) is 0 Å². The highest BCUT2D eigenvalue weighted by molar-refractivity contribution is 5.79. The molecule has 0 heterocycles. The van der Waals surface area contributed by atoms with Crippen molar-refractivity contribution in [3.63, 3.8) is 0 Å². The summed E-state index contributed by atoms with van der Waals surface area (Å²) in [5, 5.41) is 8.44. The van der Waals surface area contributed by atoms with Crippen molar-refractivity contribution in [1.82, 2.24) is 0 Å². The van der Waals surface area contributed by atoms with Crippen LogP contribution in [0, 0.1) is 17.8 Å². The summed E-state index contributed by atoms with van der Waals surface area (Å²) in [4.78, 5) is 10.3. The second-order valence-corrected chi connectivity index (χ2v) is 3.89. The van der Waals surface area contributed by atoms with Crippen LogP contribution in [0.3, 0.4) is 0 Å². The molecule has 2 rings (SSSR count). The van der Waals surface area contributed by atoms with Gasteiger partial charge in [-0.15, -0.1) is 0 Å². The fourth-order valence-electron chi connectivity index (χ4n) is 2.53. The van der Waals surface area contributed by atoms with E-state index in [-0.39, 0.29) is 0 Å². The molecule has 0 aromatic carbocycles. The Labute approximate surface area is 72.3 Å². The maximum atomic E-state index is 10.3. The summed E-state index contributed by atoms with van der Waals surface area (Å²) < 4.78 is 0. The minimum absolute atomic E-state index is 0.601. The topological polar surface area (TPSA) is 37.3 Å². The number of carboxylic acid groups (broad SMARTS) is 1. The molecule has 66 valence electrons. The van der Waals surface area contributed by atoms with E-state index >= 15 is 0 Å². The normalized spacial score (nSPS) is 39.5. The lowest BCUT2D eigenvalue weighted by Crippen LogP contribution is -1.91. The van der Waals surface area contributed by atoms with Crippen LogP contribution in [-0.2, 0) is 4.79 Å². The largest absolute Gasteiger partial charge is 0.478 e. The smallest absolute Gasteiger partial charge is 0.327 e. The number of carboxylic acids is 1. The van der Waals surface area contributed by atoms with Crippen LogP contribution in [0.1, 0.15) is 25.7 Å². The fourth-order valence-corrected chi connectivity index (χ4v) is 2.53. The minimum atomic E-state index is -0.807. The van der Waals surface area contributed by atoms with Gasteiger partial charge in [0.1, 0.15) is 0 Å². The second kappa shape index (κ2) is 2.92. The van der Waals surface area contributed by atoms with Crippen molar-refractivity contribution in [2.45, 2.75) is 25.7 Å². The first-order valence-electron chi connectivity index (χ1n) is 4.70. The van der Waals surface area contributed by atoms with Crippen molar-refractivity contribution in [2.24, 2.45) is 17.8 Å². The zero-order valence-corrected chi connectivity index (χ0v) is 7.07. The van der Waals surface area contributed by atoms with E-state index < -0.39 is 5.97 Å². The predicted octanol–water partition coefficient (Wildman–Crippen LogP) is 2.06. The Morgan fingerprint density at radius 1 is 1.25 bits per heavy atom. The Morgan fingerprint density at radius 2 is 1.83 bits per heavy atom. The van der Waals surface area contributed by atoms with Crippen molar-refractivity contribution in [3.05, 3.63) is 12.2 Å². The molecule has 2 atom stereocenters. The van der Waals surface area contributed by atoms with Crippen molar-refractivity contribution < 1.29 is 9.90 Å². The van der Waals surface area contributed by atoms with Gasteiger partial charge in [-0.3, -0.25) is 0 Å². The maximum Gasteiger partial charge on any atom is 0.327 e. The molecule has 12 heavy (non-hydrogen) atoms. The van der Waals surface area contributed by atoms with E-state index in [4.69, 9.17) is 5.11 Å². The number of aliphatic carboxylic acids is 1. The van der Waals surface area contributed by atoms with E-state index in [9.17, 15) is 4.79 Å². The highest BCUT2D eigenvalue weighted by atomic mass is 16.4. The molecule has 2 nitrogen and oxygen atoms in total. The van der Waals surface area contributed by atoms with Gasteiger partial charge < -0.3 is 5.11 Å². The molecule has 0 bridgehead atoms. The molecule has 0 radical (unpaired) electrons. The van der Waals surface area contributed by atoms with Gasteiger partial charge in [0.15, 0.2) is 0 Å². The van der Waals surface area contributed by atoms with Gasteiger partial charge in [0.2, 0.25) is 0 Å². The molecule has 0 aromatic heterocycles. The summed E-state index contributed by atoms with van der Waals surface area (Å²) in [5.74, 6) is 1.45. The van der Waals surface area contributed by atoms with E-state index in [1.165, 1.54) is 31.8 Å². The third kappa shape index (κ3) is 1.38. The number of hydrogen-bond donors (Lipinski definition) is 1. The number of rotatable bonds is 2. The second-order valence-electron chi connectivity index (χ2n) is 3.89. The third-order valence-electron chi connectivity index (χ3n) is 3.18. The van der Waals surface area contributed by atoms with Crippen LogP contribution in [0.4, 0.5) is 0 Å². The minimum Gasteiger partial charge on any atom is -0.478 e. The first-order valence-corrected chi connectivity index (χ1v) is 4.70. The molecule has 0 spiro atoms. The zero-order valence-electron chi connectivity index (χ0n) is 7.07. The molecular formula is C10H14O2. The summed E-state index contributed by atoms with van der Waals surface area (Å²) in [6, 6.07) is 0.